The summed E-state index contributed by atoms with van der Waals surface area (Å²) in [6.45, 7) is 5.55. The van der Waals surface area contributed by atoms with Crippen molar-refractivity contribution in [1.82, 2.24) is 10.1 Å². The van der Waals surface area contributed by atoms with Gasteiger partial charge in [-0.25, -0.2) is 0 Å². The number of hydrogen-bond donors (Lipinski definition) is 1. The van der Waals surface area contributed by atoms with E-state index in [-0.39, 0.29) is 0 Å². The SMILES string of the molecule is Cc1ccoc1-c1nc(C(C)(C)N)no1. The predicted octanol–water partition coefficient (Wildman–Crippen LogP) is 1.83. The van der Waals surface area contributed by atoms with Gasteiger partial charge in [0.15, 0.2) is 11.6 Å². The third-order valence-electron chi connectivity index (χ3n) is 2.06. The fourth-order valence-electron chi connectivity index (χ4n) is 1.17. The molecule has 0 saturated carbocycles. The van der Waals surface area contributed by atoms with Crippen molar-refractivity contribution in [3.05, 3.63) is 23.7 Å². The predicted molar refractivity (Wildman–Crippen MR) is 54.0 cm³/mol. The number of rotatable bonds is 2. The molecule has 15 heavy (non-hydrogen) atoms. The maximum Gasteiger partial charge on any atom is 0.293 e. The van der Waals surface area contributed by atoms with E-state index in [0.717, 1.165) is 5.56 Å². The molecule has 0 aliphatic heterocycles. The number of aromatic nitrogens is 2. The van der Waals surface area contributed by atoms with E-state index in [4.69, 9.17) is 14.7 Å². The molecule has 2 rings (SSSR count). The molecule has 0 fully saturated rings. The summed E-state index contributed by atoms with van der Waals surface area (Å²) >= 11 is 0. The average Bonchev–Trinajstić information content (AvgIpc) is 2.69. The van der Waals surface area contributed by atoms with E-state index in [9.17, 15) is 0 Å². The third-order valence-corrected chi connectivity index (χ3v) is 2.06. The molecule has 0 spiro atoms. The lowest BCUT2D eigenvalue weighted by Crippen LogP contribution is -2.30. The minimum Gasteiger partial charge on any atom is -0.459 e. The number of aryl methyl sites for hydroxylation is 1. The van der Waals surface area contributed by atoms with Crippen molar-refractivity contribution in [2.45, 2.75) is 26.3 Å². The van der Waals surface area contributed by atoms with Crippen LogP contribution >= 0.6 is 0 Å². The monoisotopic (exact) mass is 207 g/mol. The lowest BCUT2D eigenvalue weighted by atomic mass is 10.1. The molecule has 0 amide bonds. The first-order valence-corrected chi connectivity index (χ1v) is 4.66. The van der Waals surface area contributed by atoms with E-state index in [1.807, 2.05) is 26.8 Å². The van der Waals surface area contributed by atoms with E-state index >= 15 is 0 Å². The van der Waals surface area contributed by atoms with E-state index in [2.05, 4.69) is 10.1 Å². The summed E-state index contributed by atoms with van der Waals surface area (Å²) in [6, 6.07) is 1.84. The van der Waals surface area contributed by atoms with Gasteiger partial charge in [0.1, 0.15) is 0 Å². The average molecular weight is 207 g/mol. The summed E-state index contributed by atoms with van der Waals surface area (Å²) in [5.74, 6) is 1.43. The number of hydrogen-bond acceptors (Lipinski definition) is 5. The maximum atomic E-state index is 5.85. The number of furan rings is 1. The zero-order valence-electron chi connectivity index (χ0n) is 8.94. The molecule has 0 aromatic carbocycles. The standard InChI is InChI=1S/C10H13N3O2/c1-6-4-5-14-7(6)8-12-9(13-15-8)10(2,3)11/h4-5H,11H2,1-3H3. The van der Waals surface area contributed by atoms with Crippen LogP contribution in [0.4, 0.5) is 0 Å². The van der Waals surface area contributed by atoms with Crippen LogP contribution in [-0.4, -0.2) is 10.1 Å². The van der Waals surface area contributed by atoms with Crippen molar-refractivity contribution in [3.8, 4) is 11.7 Å². The molecule has 0 atom stereocenters. The topological polar surface area (TPSA) is 78.1 Å². The molecule has 0 saturated heterocycles. The van der Waals surface area contributed by atoms with Crippen LogP contribution in [0.5, 0.6) is 0 Å². The molecule has 5 heteroatoms. The number of nitrogens with zero attached hydrogens (tertiary/aromatic N) is 2. The van der Waals surface area contributed by atoms with Gasteiger partial charge < -0.3 is 14.7 Å². The Morgan fingerprint density at radius 3 is 2.60 bits per heavy atom. The highest BCUT2D eigenvalue weighted by molar-refractivity contribution is 5.49. The van der Waals surface area contributed by atoms with E-state index in [1.165, 1.54) is 0 Å². The quantitative estimate of drug-likeness (QED) is 0.812. The third kappa shape index (κ3) is 1.78. The molecule has 2 aromatic rings. The van der Waals surface area contributed by atoms with Crippen LogP contribution in [0.3, 0.4) is 0 Å². The smallest absolute Gasteiger partial charge is 0.293 e. The second-order valence-corrected chi connectivity index (χ2v) is 4.08. The molecule has 0 aliphatic rings. The summed E-state index contributed by atoms with van der Waals surface area (Å²) in [5, 5.41) is 3.81. The first-order valence-electron chi connectivity index (χ1n) is 4.66. The van der Waals surface area contributed by atoms with Crippen LogP contribution in [0.25, 0.3) is 11.7 Å². The zero-order valence-corrected chi connectivity index (χ0v) is 8.94. The van der Waals surface area contributed by atoms with Crippen molar-refractivity contribution in [2.75, 3.05) is 0 Å². The van der Waals surface area contributed by atoms with Crippen LogP contribution in [-0.2, 0) is 5.54 Å². The van der Waals surface area contributed by atoms with Crippen LogP contribution in [0.2, 0.25) is 0 Å². The van der Waals surface area contributed by atoms with Crippen molar-refractivity contribution < 1.29 is 8.94 Å². The Labute approximate surface area is 87.3 Å². The molecule has 5 nitrogen and oxygen atoms in total. The maximum absolute atomic E-state index is 5.85. The molecule has 2 heterocycles. The number of nitrogens with two attached hydrogens (primary N) is 1. The molecule has 2 N–H and O–H groups in total. The van der Waals surface area contributed by atoms with Gasteiger partial charge in [-0.3, -0.25) is 0 Å². The van der Waals surface area contributed by atoms with Crippen molar-refractivity contribution >= 4 is 0 Å². The van der Waals surface area contributed by atoms with E-state index in [1.54, 1.807) is 6.26 Å². The Balaban J connectivity index is 2.41. The summed E-state index contributed by atoms with van der Waals surface area (Å²) in [6.07, 6.45) is 1.59. The molecule has 0 bridgehead atoms. The molecular formula is C10H13N3O2. The Bertz CT molecular complexity index is 465. The van der Waals surface area contributed by atoms with Gasteiger partial charge in [-0.15, -0.1) is 0 Å². The Hall–Kier alpha value is -1.62. The van der Waals surface area contributed by atoms with E-state index < -0.39 is 5.54 Å². The summed E-state index contributed by atoms with van der Waals surface area (Å²) in [4.78, 5) is 4.19. The van der Waals surface area contributed by atoms with Gasteiger partial charge in [-0.1, -0.05) is 5.16 Å². The van der Waals surface area contributed by atoms with Crippen molar-refractivity contribution in [1.29, 1.82) is 0 Å². The second kappa shape index (κ2) is 3.20. The molecule has 2 aromatic heterocycles. The van der Waals surface area contributed by atoms with Crippen LogP contribution in [0, 0.1) is 6.92 Å². The first-order chi connectivity index (χ1) is 6.98. The molecule has 80 valence electrons. The second-order valence-electron chi connectivity index (χ2n) is 4.08. The minimum atomic E-state index is -0.609. The van der Waals surface area contributed by atoms with Gasteiger partial charge in [-0.2, -0.15) is 4.98 Å². The summed E-state index contributed by atoms with van der Waals surface area (Å²) < 4.78 is 10.3. The fourth-order valence-corrected chi connectivity index (χ4v) is 1.17. The zero-order chi connectivity index (χ0) is 11.1. The van der Waals surface area contributed by atoms with Gasteiger partial charge in [0.05, 0.1) is 11.8 Å². The lowest BCUT2D eigenvalue weighted by Gasteiger charge is -2.11. The van der Waals surface area contributed by atoms with Gasteiger partial charge >= 0.3 is 0 Å². The minimum absolute atomic E-state index is 0.367. The normalized spacial score (nSPS) is 12.0. The van der Waals surface area contributed by atoms with Crippen molar-refractivity contribution in [3.63, 3.8) is 0 Å². The van der Waals surface area contributed by atoms with Crippen LogP contribution in [0.1, 0.15) is 25.2 Å². The fraction of sp³-hybridized carbons (Fsp3) is 0.400. The van der Waals surface area contributed by atoms with Crippen LogP contribution in [0.15, 0.2) is 21.3 Å². The first kappa shape index (κ1) is 9.92. The largest absolute Gasteiger partial charge is 0.459 e. The van der Waals surface area contributed by atoms with Gasteiger partial charge in [0.2, 0.25) is 0 Å². The molecular weight excluding hydrogens is 194 g/mol. The Kier molecular flexibility index (Phi) is 2.12. The van der Waals surface area contributed by atoms with Crippen LogP contribution < -0.4 is 5.73 Å². The van der Waals surface area contributed by atoms with Crippen molar-refractivity contribution in [2.24, 2.45) is 5.73 Å². The summed E-state index contributed by atoms with van der Waals surface area (Å²) in [5.41, 5.74) is 6.20. The molecule has 0 radical (unpaired) electrons. The highest BCUT2D eigenvalue weighted by Crippen LogP contribution is 2.24. The highest BCUT2D eigenvalue weighted by atomic mass is 16.5. The lowest BCUT2D eigenvalue weighted by molar-refractivity contribution is 0.388. The highest BCUT2D eigenvalue weighted by Gasteiger charge is 2.23. The van der Waals surface area contributed by atoms with Gasteiger partial charge in [0, 0.05) is 5.56 Å². The molecule has 0 unspecified atom stereocenters. The Morgan fingerprint density at radius 1 is 1.40 bits per heavy atom. The van der Waals surface area contributed by atoms with Gasteiger partial charge in [0.25, 0.3) is 5.89 Å². The molecule has 0 aliphatic carbocycles. The Morgan fingerprint density at radius 2 is 2.13 bits per heavy atom. The van der Waals surface area contributed by atoms with E-state index in [0.29, 0.717) is 17.5 Å². The van der Waals surface area contributed by atoms with Gasteiger partial charge in [-0.05, 0) is 26.8 Å². The summed E-state index contributed by atoms with van der Waals surface area (Å²) in [7, 11) is 0.